The van der Waals surface area contributed by atoms with Crippen molar-refractivity contribution in [2.75, 3.05) is 0 Å². The third-order valence-electron chi connectivity index (χ3n) is 1.38. The van der Waals surface area contributed by atoms with Crippen molar-refractivity contribution in [1.29, 1.82) is 0 Å². The van der Waals surface area contributed by atoms with Gasteiger partial charge in [0, 0.05) is 6.20 Å². The second kappa shape index (κ2) is 5.13. The summed E-state index contributed by atoms with van der Waals surface area (Å²) in [5, 5.41) is 2.78. The number of nitrogens with one attached hydrogen (secondary N) is 1. The number of pyridine rings is 1. The Morgan fingerprint density at radius 2 is 2.43 bits per heavy atom. The molecule has 6 nitrogen and oxygen atoms in total. The lowest BCUT2D eigenvalue weighted by atomic mass is 10.3. The molecule has 0 spiro atoms. The summed E-state index contributed by atoms with van der Waals surface area (Å²) < 4.78 is 0. The van der Waals surface area contributed by atoms with E-state index in [0.29, 0.717) is 11.7 Å². The molecule has 0 unspecified atom stereocenters. The largest absolute Gasteiger partial charge is 0.368 e. The van der Waals surface area contributed by atoms with E-state index in [1.54, 1.807) is 18.3 Å². The van der Waals surface area contributed by atoms with E-state index in [-0.39, 0.29) is 5.96 Å². The summed E-state index contributed by atoms with van der Waals surface area (Å²) in [6.45, 7) is 0.318. The van der Waals surface area contributed by atoms with Gasteiger partial charge in [0.1, 0.15) is 5.15 Å². The van der Waals surface area contributed by atoms with Crippen molar-refractivity contribution in [2.45, 2.75) is 6.54 Å². The van der Waals surface area contributed by atoms with E-state index < -0.39 is 0 Å². The van der Waals surface area contributed by atoms with Crippen molar-refractivity contribution in [2.24, 2.45) is 16.0 Å². The van der Waals surface area contributed by atoms with E-state index in [1.165, 1.54) is 0 Å². The minimum Gasteiger partial charge on any atom is -0.368 e. The minimum absolute atomic E-state index is 0.0325. The number of hydrogen-bond donors (Lipinski definition) is 2. The summed E-state index contributed by atoms with van der Waals surface area (Å²) in [5.41, 5.74) is 8.08. The Kier molecular flexibility index (Phi) is 3.81. The number of halogens is 1. The number of nitrogens with zero attached hydrogens (tertiary/aromatic N) is 3. The van der Waals surface area contributed by atoms with Crippen molar-refractivity contribution in [3.8, 4) is 0 Å². The molecule has 3 N–H and O–H groups in total. The van der Waals surface area contributed by atoms with Crippen LogP contribution in [0.3, 0.4) is 0 Å². The van der Waals surface area contributed by atoms with Crippen molar-refractivity contribution >= 4 is 17.6 Å². The maximum atomic E-state index is 9.72. The standard InChI is InChI=1S/C7H8ClN5O/c8-6-2-1-5(3-10-6)4-11-7(9)12-13-14/h1-3H,4H2,(H3,9,11,12,14). The number of nitroso groups, excluding NO2 is 1. The summed E-state index contributed by atoms with van der Waals surface area (Å²) in [6, 6.07) is 3.41. The molecule has 0 aliphatic heterocycles. The lowest BCUT2D eigenvalue weighted by molar-refractivity contribution is 0.946. The first-order valence-electron chi connectivity index (χ1n) is 3.71. The molecule has 0 fully saturated rings. The van der Waals surface area contributed by atoms with Crippen molar-refractivity contribution in [3.63, 3.8) is 0 Å². The number of guanidine groups is 1. The van der Waals surface area contributed by atoms with E-state index >= 15 is 0 Å². The van der Waals surface area contributed by atoms with Gasteiger partial charge in [0.25, 0.3) is 0 Å². The molecular formula is C7H8ClN5O. The Hall–Kier alpha value is -1.69. The van der Waals surface area contributed by atoms with Gasteiger partial charge < -0.3 is 5.73 Å². The zero-order chi connectivity index (χ0) is 10.4. The molecular weight excluding hydrogens is 206 g/mol. The number of aliphatic imine (C=N–C) groups is 1. The third-order valence-corrected chi connectivity index (χ3v) is 1.60. The van der Waals surface area contributed by atoms with Gasteiger partial charge in [-0.05, 0) is 11.6 Å². The minimum atomic E-state index is -0.0325. The van der Waals surface area contributed by atoms with Crippen molar-refractivity contribution < 1.29 is 0 Å². The average molecular weight is 214 g/mol. The lowest BCUT2D eigenvalue weighted by Gasteiger charge is -1.97. The number of nitrogens with two attached hydrogens (primary N) is 1. The van der Waals surface area contributed by atoms with Crippen LogP contribution in [0.5, 0.6) is 0 Å². The molecule has 1 rings (SSSR count). The first-order valence-corrected chi connectivity index (χ1v) is 4.09. The first-order chi connectivity index (χ1) is 6.72. The maximum Gasteiger partial charge on any atom is 0.212 e. The molecule has 1 aromatic heterocycles. The molecule has 0 saturated carbocycles. The van der Waals surface area contributed by atoms with Gasteiger partial charge in [0.2, 0.25) is 5.96 Å². The molecule has 1 heterocycles. The fraction of sp³-hybridized carbons (Fsp3) is 0.143. The molecule has 0 aliphatic rings. The number of rotatable bonds is 3. The summed E-state index contributed by atoms with van der Waals surface area (Å²) in [5.74, 6) is -0.0325. The van der Waals surface area contributed by atoms with Crippen LogP contribution in [-0.2, 0) is 6.54 Å². The maximum absolute atomic E-state index is 9.72. The van der Waals surface area contributed by atoms with Crippen LogP contribution in [0.1, 0.15) is 5.56 Å². The summed E-state index contributed by atoms with van der Waals surface area (Å²) in [4.78, 5) is 17.4. The SMILES string of the molecule is NC(=NCc1ccc(Cl)nc1)NN=O. The third kappa shape index (κ3) is 3.36. The summed E-state index contributed by atoms with van der Waals surface area (Å²) >= 11 is 5.58. The number of hydrogen-bond acceptors (Lipinski definition) is 4. The van der Waals surface area contributed by atoms with Crippen molar-refractivity contribution in [3.05, 3.63) is 34.0 Å². The van der Waals surface area contributed by atoms with Crippen LogP contribution in [0.25, 0.3) is 0 Å². The predicted octanol–water partition coefficient (Wildman–Crippen LogP) is 0.821. The van der Waals surface area contributed by atoms with Gasteiger partial charge in [-0.3, -0.25) is 0 Å². The van der Waals surface area contributed by atoms with E-state index in [2.05, 4.69) is 15.3 Å². The zero-order valence-electron chi connectivity index (χ0n) is 7.14. The number of aromatic nitrogens is 1. The predicted molar refractivity (Wildman–Crippen MR) is 53.5 cm³/mol. The Labute approximate surface area is 85.1 Å². The monoisotopic (exact) mass is 213 g/mol. The van der Waals surface area contributed by atoms with Crippen LogP contribution < -0.4 is 11.2 Å². The Bertz CT molecular complexity index is 336. The molecule has 7 heteroatoms. The van der Waals surface area contributed by atoms with E-state index in [1.807, 2.05) is 5.43 Å². The van der Waals surface area contributed by atoms with E-state index in [9.17, 15) is 4.91 Å². The molecule has 74 valence electrons. The van der Waals surface area contributed by atoms with Crippen LogP contribution >= 0.6 is 11.6 Å². The van der Waals surface area contributed by atoms with Crippen molar-refractivity contribution in [1.82, 2.24) is 10.4 Å². The van der Waals surface area contributed by atoms with E-state index in [0.717, 1.165) is 5.56 Å². The van der Waals surface area contributed by atoms with E-state index in [4.69, 9.17) is 17.3 Å². The van der Waals surface area contributed by atoms with Crippen LogP contribution in [-0.4, -0.2) is 10.9 Å². The summed E-state index contributed by atoms with van der Waals surface area (Å²) in [7, 11) is 0. The van der Waals surface area contributed by atoms with Gasteiger partial charge in [0.15, 0.2) is 0 Å². The zero-order valence-corrected chi connectivity index (χ0v) is 7.90. The van der Waals surface area contributed by atoms with Crippen LogP contribution in [0.4, 0.5) is 0 Å². The van der Waals surface area contributed by atoms with Gasteiger partial charge in [0.05, 0.1) is 11.8 Å². The molecule has 0 amide bonds. The van der Waals surface area contributed by atoms with Gasteiger partial charge in [-0.25, -0.2) is 15.4 Å². The van der Waals surface area contributed by atoms with Gasteiger partial charge in [-0.1, -0.05) is 17.7 Å². The average Bonchev–Trinajstić information content (AvgIpc) is 2.17. The smallest absolute Gasteiger partial charge is 0.212 e. The van der Waals surface area contributed by atoms with Gasteiger partial charge in [-0.15, -0.1) is 4.91 Å². The van der Waals surface area contributed by atoms with Gasteiger partial charge >= 0.3 is 0 Å². The molecule has 0 bridgehead atoms. The molecule has 0 saturated heterocycles. The highest BCUT2D eigenvalue weighted by Crippen LogP contribution is 2.05. The molecule has 14 heavy (non-hydrogen) atoms. The highest BCUT2D eigenvalue weighted by atomic mass is 35.5. The second-order valence-electron chi connectivity index (χ2n) is 2.39. The quantitative estimate of drug-likeness (QED) is 0.256. The Morgan fingerprint density at radius 3 is 3.00 bits per heavy atom. The Balaban J connectivity index is 2.57. The fourth-order valence-corrected chi connectivity index (χ4v) is 0.870. The highest BCUT2D eigenvalue weighted by Gasteiger charge is 1.93. The second-order valence-corrected chi connectivity index (χ2v) is 2.78. The highest BCUT2D eigenvalue weighted by molar-refractivity contribution is 6.29. The fourth-order valence-electron chi connectivity index (χ4n) is 0.759. The van der Waals surface area contributed by atoms with Crippen LogP contribution in [0.2, 0.25) is 5.15 Å². The normalized spacial score (nSPS) is 11.1. The first kappa shape index (κ1) is 10.4. The summed E-state index contributed by atoms with van der Waals surface area (Å²) in [6.07, 6.45) is 1.58. The molecule has 0 radical (unpaired) electrons. The molecule has 1 aromatic rings. The van der Waals surface area contributed by atoms with Gasteiger partial charge in [-0.2, -0.15) is 0 Å². The lowest BCUT2D eigenvalue weighted by Crippen LogP contribution is -2.26. The molecule has 0 aliphatic carbocycles. The van der Waals surface area contributed by atoms with Crippen LogP contribution in [0, 0.1) is 4.91 Å². The van der Waals surface area contributed by atoms with Crippen LogP contribution in [0.15, 0.2) is 28.6 Å². The molecule has 0 aromatic carbocycles. The Morgan fingerprint density at radius 1 is 1.64 bits per heavy atom. The molecule has 0 atom stereocenters. The topological polar surface area (TPSA) is 92.7 Å².